The molecule has 3 rings (SSSR count). The average molecular weight is 530 g/mol. The topological polar surface area (TPSA) is 70.2 Å². The van der Waals surface area contributed by atoms with Crippen molar-refractivity contribution in [1.82, 2.24) is 16.2 Å². The Bertz CT molecular complexity index is 1070. The van der Waals surface area contributed by atoms with Gasteiger partial charge in [0.1, 0.15) is 4.88 Å². The molecule has 138 valence electrons. The first-order chi connectivity index (χ1) is 12.9. The van der Waals surface area contributed by atoms with Crippen molar-refractivity contribution in [3.05, 3.63) is 67.1 Å². The fourth-order valence-corrected chi connectivity index (χ4v) is 4.34. The normalized spacial score (nSPS) is 10.5. The van der Waals surface area contributed by atoms with Gasteiger partial charge in [0.15, 0.2) is 5.11 Å². The molecule has 0 unspecified atom stereocenters. The minimum atomic E-state index is -0.428. The van der Waals surface area contributed by atoms with Gasteiger partial charge in [-0.1, -0.05) is 35.9 Å². The second-order valence-corrected chi connectivity index (χ2v) is 8.57. The van der Waals surface area contributed by atoms with Crippen molar-refractivity contribution < 1.29 is 9.59 Å². The minimum Gasteiger partial charge on any atom is -0.298 e. The quantitative estimate of drug-likeness (QED) is 0.261. The Morgan fingerprint density at radius 2 is 1.85 bits per heavy atom. The van der Waals surface area contributed by atoms with E-state index in [9.17, 15) is 9.59 Å². The third kappa shape index (κ3) is 4.57. The number of hydrogen-bond acceptors (Lipinski definition) is 4. The number of hydrazine groups is 1. The van der Waals surface area contributed by atoms with Gasteiger partial charge in [-0.15, -0.1) is 11.3 Å². The molecular formula is C18H13ClIN3O2S2. The van der Waals surface area contributed by atoms with Crippen LogP contribution in [0.3, 0.4) is 0 Å². The van der Waals surface area contributed by atoms with Crippen LogP contribution in [0.1, 0.15) is 25.6 Å². The number of amides is 2. The van der Waals surface area contributed by atoms with Gasteiger partial charge < -0.3 is 0 Å². The van der Waals surface area contributed by atoms with Gasteiger partial charge in [0.2, 0.25) is 0 Å². The van der Waals surface area contributed by atoms with Gasteiger partial charge in [0.25, 0.3) is 11.8 Å². The monoisotopic (exact) mass is 529 g/mol. The van der Waals surface area contributed by atoms with Gasteiger partial charge in [-0.05, 0) is 65.5 Å². The zero-order chi connectivity index (χ0) is 19.6. The third-order valence-electron chi connectivity index (χ3n) is 3.69. The Hall–Kier alpha value is -1.75. The van der Waals surface area contributed by atoms with Crippen LogP contribution in [0.25, 0.3) is 10.1 Å². The SMILES string of the molecule is Cc1ccc(C(=O)NC(=S)NNC(=O)c2sc3ccccc3c2Cl)cc1I. The first kappa shape index (κ1) is 20.0. The molecule has 0 spiro atoms. The molecule has 0 aliphatic rings. The highest BCUT2D eigenvalue weighted by Crippen LogP contribution is 2.34. The maximum absolute atomic E-state index is 12.4. The molecule has 0 saturated heterocycles. The predicted molar refractivity (Wildman–Crippen MR) is 121 cm³/mol. The third-order valence-corrected chi connectivity index (χ3v) is 6.73. The highest BCUT2D eigenvalue weighted by atomic mass is 127. The molecular weight excluding hydrogens is 517 g/mol. The highest BCUT2D eigenvalue weighted by Gasteiger charge is 2.17. The summed E-state index contributed by atoms with van der Waals surface area (Å²) in [5.74, 6) is -0.790. The first-order valence-electron chi connectivity index (χ1n) is 7.71. The van der Waals surface area contributed by atoms with E-state index in [0.29, 0.717) is 15.5 Å². The molecule has 2 aromatic carbocycles. The maximum atomic E-state index is 12.4. The van der Waals surface area contributed by atoms with Crippen LogP contribution in [-0.2, 0) is 0 Å². The number of halogens is 2. The van der Waals surface area contributed by atoms with Crippen LogP contribution < -0.4 is 16.2 Å². The molecule has 0 atom stereocenters. The fourth-order valence-electron chi connectivity index (χ4n) is 2.27. The van der Waals surface area contributed by atoms with Crippen LogP contribution in [0.4, 0.5) is 0 Å². The number of benzene rings is 2. The van der Waals surface area contributed by atoms with E-state index in [4.69, 9.17) is 23.8 Å². The number of nitrogens with one attached hydrogen (secondary N) is 3. The molecule has 0 aliphatic carbocycles. The van der Waals surface area contributed by atoms with Crippen molar-refractivity contribution in [3.8, 4) is 0 Å². The zero-order valence-electron chi connectivity index (χ0n) is 13.9. The molecule has 0 saturated carbocycles. The van der Waals surface area contributed by atoms with Crippen LogP contribution in [0.2, 0.25) is 5.02 Å². The molecule has 0 bridgehead atoms. The molecule has 0 radical (unpaired) electrons. The Morgan fingerprint density at radius 1 is 1.11 bits per heavy atom. The predicted octanol–water partition coefficient (Wildman–Crippen LogP) is 4.42. The molecule has 9 heteroatoms. The lowest BCUT2D eigenvalue weighted by Gasteiger charge is -2.11. The molecule has 1 heterocycles. The van der Waals surface area contributed by atoms with Crippen LogP contribution in [0.15, 0.2) is 42.5 Å². The summed E-state index contributed by atoms with van der Waals surface area (Å²) in [6.45, 7) is 1.96. The summed E-state index contributed by atoms with van der Waals surface area (Å²) in [4.78, 5) is 25.0. The number of aryl methyl sites for hydroxylation is 1. The average Bonchev–Trinajstić information content (AvgIpc) is 2.99. The van der Waals surface area contributed by atoms with Gasteiger partial charge in [0.05, 0.1) is 5.02 Å². The number of thiocarbonyl (C=S) groups is 1. The summed E-state index contributed by atoms with van der Waals surface area (Å²) in [6, 6.07) is 12.8. The number of thiophene rings is 1. The van der Waals surface area contributed by atoms with E-state index < -0.39 is 5.91 Å². The Labute approximate surface area is 183 Å². The van der Waals surface area contributed by atoms with Crippen molar-refractivity contribution in [2.75, 3.05) is 0 Å². The van der Waals surface area contributed by atoms with Crippen molar-refractivity contribution in [2.45, 2.75) is 6.92 Å². The summed E-state index contributed by atoms with van der Waals surface area (Å²) in [7, 11) is 0. The lowest BCUT2D eigenvalue weighted by Crippen LogP contribution is -2.48. The summed E-state index contributed by atoms with van der Waals surface area (Å²) < 4.78 is 1.89. The van der Waals surface area contributed by atoms with Crippen molar-refractivity contribution >= 4 is 84.8 Å². The van der Waals surface area contributed by atoms with Gasteiger partial charge >= 0.3 is 0 Å². The molecule has 0 fully saturated rings. The van der Waals surface area contributed by atoms with E-state index >= 15 is 0 Å². The number of carbonyl (C=O) groups excluding carboxylic acids is 2. The number of rotatable bonds is 2. The van der Waals surface area contributed by atoms with Crippen molar-refractivity contribution in [1.29, 1.82) is 0 Å². The smallest absolute Gasteiger partial charge is 0.281 e. The highest BCUT2D eigenvalue weighted by molar-refractivity contribution is 14.1. The van der Waals surface area contributed by atoms with Crippen LogP contribution >= 0.6 is 57.7 Å². The summed E-state index contributed by atoms with van der Waals surface area (Å²) in [5, 5.41) is 3.72. The lowest BCUT2D eigenvalue weighted by atomic mass is 10.1. The molecule has 2 amide bonds. The Morgan fingerprint density at radius 3 is 2.56 bits per heavy atom. The largest absolute Gasteiger partial charge is 0.298 e. The van der Waals surface area contributed by atoms with E-state index in [-0.39, 0.29) is 11.0 Å². The van der Waals surface area contributed by atoms with Gasteiger partial charge in [-0.25, -0.2) is 0 Å². The van der Waals surface area contributed by atoms with E-state index in [0.717, 1.165) is 19.2 Å². The molecule has 3 aromatic rings. The second kappa shape index (κ2) is 8.51. The van der Waals surface area contributed by atoms with Crippen LogP contribution in [-0.4, -0.2) is 16.9 Å². The minimum absolute atomic E-state index is 0.0128. The van der Waals surface area contributed by atoms with Crippen LogP contribution in [0, 0.1) is 10.5 Å². The standard InChI is InChI=1S/C18H13ClIN3O2S2/c1-9-6-7-10(8-12(9)20)16(24)21-18(26)23-22-17(25)15-14(19)11-4-2-3-5-13(11)27-15/h2-8H,1H3,(H,22,25)(H2,21,23,24,26). The Balaban J connectivity index is 1.61. The van der Waals surface area contributed by atoms with Crippen molar-refractivity contribution in [2.24, 2.45) is 0 Å². The number of carbonyl (C=O) groups is 2. The van der Waals surface area contributed by atoms with E-state index in [1.165, 1.54) is 11.3 Å². The second-order valence-electron chi connectivity index (χ2n) is 5.57. The number of fused-ring (bicyclic) bond motifs is 1. The number of hydrogen-bond donors (Lipinski definition) is 3. The van der Waals surface area contributed by atoms with Gasteiger partial charge in [0, 0.05) is 19.2 Å². The molecule has 1 aromatic heterocycles. The Kier molecular flexibility index (Phi) is 6.30. The molecule has 0 aliphatic heterocycles. The van der Waals surface area contributed by atoms with E-state index in [1.54, 1.807) is 12.1 Å². The summed E-state index contributed by atoms with van der Waals surface area (Å²) in [5.41, 5.74) is 6.55. The molecule has 3 N–H and O–H groups in total. The summed E-state index contributed by atoms with van der Waals surface area (Å²) >= 11 is 14.8. The fraction of sp³-hybridized carbons (Fsp3) is 0.0556. The maximum Gasteiger partial charge on any atom is 0.281 e. The molecule has 5 nitrogen and oxygen atoms in total. The zero-order valence-corrected chi connectivity index (χ0v) is 18.5. The van der Waals surface area contributed by atoms with Gasteiger partial charge in [-0.2, -0.15) is 0 Å². The van der Waals surface area contributed by atoms with E-state index in [1.807, 2.05) is 37.3 Å². The first-order valence-corrected chi connectivity index (χ1v) is 10.4. The van der Waals surface area contributed by atoms with E-state index in [2.05, 4.69) is 38.8 Å². The van der Waals surface area contributed by atoms with Gasteiger partial charge in [-0.3, -0.25) is 25.8 Å². The molecule has 27 heavy (non-hydrogen) atoms. The van der Waals surface area contributed by atoms with Crippen LogP contribution in [0.5, 0.6) is 0 Å². The summed E-state index contributed by atoms with van der Waals surface area (Å²) in [6.07, 6.45) is 0. The lowest BCUT2D eigenvalue weighted by molar-refractivity contribution is 0.0938. The van der Waals surface area contributed by atoms with Crippen molar-refractivity contribution in [3.63, 3.8) is 0 Å².